The van der Waals surface area contributed by atoms with E-state index in [1.807, 2.05) is 0 Å². The van der Waals surface area contributed by atoms with Crippen LogP contribution < -0.4 is 0 Å². The largest absolute Gasteiger partial charge is 0.387 e. The molecular formula is C4H9NOS. The number of β-amino-alcohol motifs (C(OH)–C–C–N with tert-alkyl or cyclic N) is 1. The molecule has 42 valence electrons. The maximum atomic E-state index is 8.99. The lowest BCUT2D eigenvalue weighted by molar-refractivity contribution is -0.0368. The van der Waals surface area contributed by atoms with Crippen molar-refractivity contribution in [2.24, 2.45) is 0 Å². The maximum absolute atomic E-state index is 8.99. The SMILES string of the molecule is CC1(O)CN(S)C1. The Kier molecular flexibility index (Phi) is 1.06. The van der Waals surface area contributed by atoms with Gasteiger partial charge in [-0.15, -0.1) is 0 Å². The normalized spacial score (nSPS) is 29.6. The summed E-state index contributed by atoms with van der Waals surface area (Å²) >= 11 is 3.97. The van der Waals surface area contributed by atoms with Gasteiger partial charge in [0.2, 0.25) is 0 Å². The molecule has 1 saturated heterocycles. The Balaban J connectivity index is 2.29. The van der Waals surface area contributed by atoms with Gasteiger partial charge in [0.1, 0.15) is 0 Å². The molecule has 1 rings (SSSR count). The van der Waals surface area contributed by atoms with Crippen molar-refractivity contribution in [2.45, 2.75) is 12.5 Å². The van der Waals surface area contributed by atoms with Crippen LogP contribution >= 0.6 is 12.8 Å². The summed E-state index contributed by atoms with van der Waals surface area (Å²) in [7, 11) is 0. The Morgan fingerprint density at radius 1 is 1.71 bits per heavy atom. The van der Waals surface area contributed by atoms with Crippen LogP contribution in [0, 0.1) is 0 Å². The van der Waals surface area contributed by atoms with E-state index in [1.165, 1.54) is 0 Å². The van der Waals surface area contributed by atoms with Crippen molar-refractivity contribution in [1.29, 1.82) is 0 Å². The number of aliphatic hydroxyl groups is 1. The number of rotatable bonds is 0. The van der Waals surface area contributed by atoms with Gasteiger partial charge in [0.25, 0.3) is 0 Å². The molecule has 7 heavy (non-hydrogen) atoms. The van der Waals surface area contributed by atoms with Gasteiger partial charge in [0.15, 0.2) is 0 Å². The molecular weight excluding hydrogens is 110 g/mol. The van der Waals surface area contributed by atoms with Crippen molar-refractivity contribution >= 4 is 12.8 Å². The van der Waals surface area contributed by atoms with Crippen LogP contribution in [0.3, 0.4) is 0 Å². The molecule has 2 nitrogen and oxygen atoms in total. The lowest BCUT2D eigenvalue weighted by atomic mass is 10.0. The molecule has 0 radical (unpaired) electrons. The Morgan fingerprint density at radius 2 is 2.14 bits per heavy atom. The zero-order chi connectivity index (χ0) is 5.49. The maximum Gasteiger partial charge on any atom is 0.0890 e. The van der Waals surface area contributed by atoms with E-state index in [4.69, 9.17) is 5.11 Å². The van der Waals surface area contributed by atoms with Crippen LogP contribution in [0.4, 0.5) is 0 Å². The molecule has 0 aromatic heterocycles. The predicted octanol–water partition coefficient (Wildman–Crippen LogP) is -0.102. The Bertz CT molecular complexity index is 75.8. The van der Waals surface area contributed by atoms with Crippen LogP contribution in [-0.2, 0) is 0 Å². The van der Waals surface area contributed by atoms with E-state index < -0.39 is 5.60 Å². The van der Waals surface area contributed by atoms with Crippen LogP contribution in [0.15, 0.2) is 0 Å². The van der Waals surface area contributed by atoms with Crippen molar-refractivity contribution < 1.29 is 5.11 Å². The quantitative estimate of drug-likeness (QED) is 0.435. The summed E-state index contributed by atoms with van der Waals surface area (Å²) in [4.78, 5) is 0. The second-order valence-corrected chi connectivity index (χ2v) is 2.89. The van der Waals surface area contributed by atoms with Crippen LogP contribution in [0.2, 0.25) is 0 Å². The molecule has 0 amide bonds. The van der Waals surface area contributed by atoms with Crippen LogP contribution in [0.5, 0.6) is 0 Å². The second kappa shape index (κ2) is 1.37. The predicted molar refractivity (Wildman–Crippen MR) is 31.2 cm³/mol. The van der Waals surface area contributed by atoms with Gasteiger partial charge in [-0.2, -0.15) is 0 Å². The summed E-state index contributed by atoms with van der Waals surface area (Å²) in [6, 6.07) is 0. The highest BCUT2D eigenvalue weighted by molar-refractivity contribution is 7.77. The molecule has 1 N–H and O–H groups in total. The molecule has 1 aliphatic rings. The first-order valence-electron chi connectivity index (χ1n) is 2.26. The molecule has 1 heterocycles. The number of thiol groups is 1. The van der Waals surface area contributed by atoms with Crippen molar-refractivity contribution in [2.75, 3.05) is 13.1 Å². The fourth-order valence-corrected chi connectivity index (χ4v) is 1.35. The summed E-state index contributed by atoms with van der Waals surface area (Å²) in [5, 5.41) is 8.99. The first-order valence-corrected chi connectivity index (χ1v) is 2.66. The molecule has 0 atom stereocenters. The minimum absolute atomic E-state index is 0.457. The average Bonchev–Trinajstić information content (AvgIpc) is 1.27. The fraction of sp³-hybridized carbons (Fsp3) is 1.00. The molecule has 1 fully saturated rings. The van der Waals surface area contributed by atoms with Crippen LogP contribution in [-0.4, -0.2) is 28.1 Å². The van der Waals surface area contributed by atoms with Gasteiger partial charge < -0.3 is 5.11 Å². The van der Waals surface area contributed by atoms with E-state index in [1.54, 1.807) is 11.2 Å². The lowest BCUT2D eigenvalue weighted by Gasteiger charge is -2.40. The molecule has 0 aliphatic carbocycles. The number of nitrogens with zero attached hydrogens (tertiary/aromatic N) is 1. The van der Waals surface area contributed by atoms with Gasteiger partial charge in [-0.05, 0) is 6.92 Å². The molecule has 0 aromatic rings. The van der Waals surface area contributed by atoms with Crippen molar-refractivity contribution in [3.63, 3.8) is 0 Å². The van der Waals surface area contributed by atoms with E-state index in [-0.39, 0.29) is 0 Å². The van der Waals surface area contributed by atoms with E-state index in [0.29, 0.717) is 13.1 Å². The van der Waals surface area contributed by atoms with Gasteiger partial charge in [-0.25, -0.2) is 4.31 Å². The molecule has 0 bridgehead atoms. The topological polar surface area (TPSA) is 23.5 Å². The number of hydrogen-bond acceptors (Lipinski definition) is 3. The van der Waals surface area contributed by atoms with Crippen LogP contribution in [0.25, 0.3) is 0 Å². The van der Waals surface area contributed by atoms with Gasteiger partial charge >= 0.3 is 0 Å². The Hall–Kier alpha value is 0.270. The summed E-state index contributed by atoms with van der Waals surface area (Å²) in [6.45, 7) is 3.19. The Labute approximate surface area is 48.7 Å². The molecule has 0 spiro atoms. The van der Waals surface area contributed by atoms with Gasteiger partial charge in [0, 0.05) is 13.1 Å². The second-order valence-electron chi connectivity index (χ2n) is 2.32. The smallest absolute Gasteiger partial charge is 0.0890 e. The highest BCUT2D eigenvalue weighted by atomic mass is 32.1. The van der Waals surface area contributed by atoms with Gasteiger partial charge in [-0.1, -0.05) is 12.8 Å². The van der Waals surface area contributed by atoms with Gasteiger partial charge in [0.05, 0.1) is 5.60 Å². The van der Waals surface area contributed by atoms with E-state index in [9.17, 15) is 0 Å². The first-order chi connectivity index (χ1) is 3.10. The molecule has 0 saturated carbocycles. The summed E-state index contributed by atoms with van der Waals surface area (Å²) < 4.78 is 1.78. The molecule has 3 heteroatoms. The summed E-state index contributed by atoms with van der Waals surface area (Å²) in [6.07, 6.45) is 0. The third-order valence-electron chi connectivity index (χ3n) is 1.05. The first kappa shape index (κ1) is 5.41. The van der Waals surface area contributed by atoms with Gasteiger partial charge in [-0.3, -0.25) is 0 Å². The lowest BCUT2D eigenvalue weighted by Crippen LogP contribution is -2.55. The molecule has 0 aromatic carbocycles. The zero-order valence-corrected chi connectivity index (χ0v) is 5.15. The van der Waals surface area contributed by atoms with E-state index >= 15 is 0 Å². The molecule has 0 unspecified atom stereocenters. The third-order valence-corrected chi connectivity index (χ3v) is 1.33. The van der Waals surface area contributed by atoms with Crippen molar-refractivity contribution in [1.82, 2.24) is 4.31 Å². The Morgan fingerprint density at radius 3 is 2.14 bits per heavy atom. The fourth-order valence-electron chi connectivity index (χ4n) is 0.740. The monoisotopic (exact) mass is 119 g/mol. The van der Waals surface area contributed by atoms with E-state index in [2.05, 4.69) is 12.8 Å². The average molecular weight is 119 g/mol. The highest BCUT2D eigenvalue weighted by Crippen LogP contribution is 2.20. The van der Waals surface area contributed by atoms with Crippen molar-refractivity contribution in [3.8, 4) is 0 Å². The van der Waals surface area contributed by atoms with Crippen LogP contribution in [0.1, 0.15) is 6.92 Å². The minimum Gasteiger partial charge on any atom is -0.387 e. The highest BCUT2D eigenvalue weighted by Gasteiger charge is 2.34. The zero-order valence-electron chi connectivity index (χ0n) is 4.26. The third kappa shape index (κ3) is 1.08. The summed E-state index contributed by atoms with van der Waals surface area (Å²) in [5.74, 6) is 0. The minimum atomic E-state index is -0.457. The molecule has 1 aliphatic heterocycles. The number of hydrogen-bond donors (Lipinski definition) is 2. The summed E-state index contributed by atoms with van der Waals surface area (Å²) in [5.41, 5.74) is -0.457. The standard InChI is InChI=1S/C4H9NOS/c1-4(6)2-5(7)3-4/h6-7H,2-3H2,1H3. The van der Waals surface area contributed by atoms with Crippen molar-refractivity contribution in [3.05, 3.63) is 0 Å². The van der Waals surface area contributed by atoms with E-state index in [0.717, 1.165) is 0 Å².